The summed E-state index contributed by atoms with van der Waals surface area (Å²) in [4.78, 5) is 11.7. The number of morpholine rings is 1. The fourth-order valence-electron chi connectivity index (χ4n) is 3.74. The number of hydrogen-bond donors (Lipinski definition) is 2. The maximum Gasteiger partial charge on any atom is 0.180 e. The third-order valence-electron chi connectivity index (χ3n) is 5.38. The summed E-state index contributed by atoms with van der Waals surface area (Å²) >= 11 is 1.44. The van der Waals surface area contributed by atoms with Gasteiger partial charge >= 0.3 is 0 Å². The zero-order valence-corrected chi connectivity index (χ0v) is 20.0. The molecule has 5 heterocycles. The highest BCUT2D eigenvalue weighted by molar-refractivity contribution is 7.10. The van der Waals surface area contributed by atoms with Crippen LogP contribution in [0.1, 0.15) is 39.1 Å². The van der Waals surface area contributed by atoms with Gasteiger partial charge in [-0.2, -0.15) is 9.47 Å². The van der Waals surface area contributed by atoms with E-state index >= 15 is 0 Å². The van der Waals surface area contributed by atoms with Gasteiger partial charge in [-0.25, -0.2) is 9.97 Å². The van der Waals surface area contributed by atoms with E-state index in [1.165, 1.54) is 11.5 Å². The number of ether oxygens (including phenoxy) is 1. The molecule has 1 aliphatic rings. The SMILES string of the molecule is CC.Cc1cn2c(-c3cn[nH]c3)cnc2c(Nc2cc(CN3CCOCC3(C)C)ns2)n1. The molecule has 1 saturated heterocycles. The molecule has 170 valence electrons. The molecular weight excluding hydrogens is 424 g/mol. The van der Waals surface area contributed by atoms with Crippen LogP contribution in [0.4, 0.5) is 10.8 Å². The highest BCUT2D eigenvalue weighted by atomic mass is 32.1. The number of aromatic nitrogens is 6. The van der Waals surface area contributed by atoms with E-state index in [-0.39, 0.29) is 5.54 Å². The standard InChI is InChI=1S/C20H24N8OS.C2H6/c1-13-10-28-16(14-7-22-23-8-14)9-21-19(28)18(24-13)25-17-6-15(26-30-17)11-27-4-5-29-12-20(27,2)3;1-2/h6-10H,4-5,11-12H2,1-3H3,(H,22,23)(H,24,25);1-2H3. The van der Waals surface area contributed by atoms with Crippen LogP contribution in [-0.2, 0) is 11.3 Å². The number of nitrogens with one attached hydrogen (secondary N) is 2. The third-order valence-corrected chi connectivity index (χ3v) is 6.12. The molecule has 0 spiro atoms. The van der Waals surface area contributed by atoms with Crippen molar-refractivity contribution in [3.05, 3.63) is 42.2 Å². The normalized spacial score (nSPS) is 16.0. The van der Waals surface area contributed by atoms with E-state index in [1.54, 1.807) is 6.20 Å². The van der Waals surface area contributed by atoms with Crippen LogP contribution in [0, 0.1) is 6.92 Å². The minimum absolute atomic E-state index is 0.0129. The van der Waals surface area contributed by atoms with E-state index in [0.29, 0.717) is 5.82 Å². The molecule has 2 N–H and O–H groups in total. The molecular formula is C22H30N8OS. The molecule has 9 nitrogen and oxygen atoms in total. The first-order valence-corrected chi connectivity index (χ1v) is 11.7. The van der Waals surface area contributed by atoms with Crippen molar-refractivity contribution in [2.45, 2.75) is 46.7 Å². The summed E-state index contributed by atoms with van der Waals surface area (Å²) in [6.45, 7) is 13.6. The fourth-order valence-corrected chi connectivity index (χ4v) is 4.40. The number of imidazole rings is 1. The van der Waals surface area contributed by atoms with Gasteiger partial charge in [-0.1, -0.05) is 13.8 Å². The van der Waals surface area contributed by atoms with Gasteiger partial charge in [-0.3, -0.25) is 14.4 Å². The molecule has 4 aromatic rings. The van der Waals surface area contributed by atoms with Crippen molar-refractivity contribution in [2.75, 3.05) is 25.1 Å². The van der Waals surface area contributed by atoms with E-state index in [9.17, 15) is 0 Å². The summed E-state index contributed by atoms with van der Waals surface area (Å²) in [5.41, 5.74) is 4.66. The maximum atomic E-state index is 5.62. The predicted octanol–water partition coefficient (Wildman–Crippen LogP) is 4.26. The molecule has 0 amide bonds. The smallest absolute Gasteiger partial charge is 0.180 e. The van der Waals surface area contributed by atoms with Crippen LogP contribution in [0.15, 0.2) is 30.9 Å². The first-order valence-electron chi connectivity index (χ1n) is 10.9. The number of rotatable bonds is 5. The van der Waals surface area contributed by atoms with E-state index < -0.39 is 0 Å². The van der Waals surface area contributed by atoms with Crippen molar-refractivity contribution in [2.24, 2.45) is 0 Å². The number of H-pyrrole nitrogens is 1. The highest BCUT2D eigenvalue weighted by Gasteiger charge is 2.30. The average Bonchev–Trinajstić information content (AvgIpc) is 3.52. The number of aryl methyl sites for hydroxylation is 1. The lowest BCUT2D eigenvalue weighted by Crippen LogP contribution is -2.52. The molecule has 1 fully saturated rings. The van der Waals surface area contributed by atoms with Crippen molar-refractivity contribution in [3.63, 3.8) is 0 Å². The van der Waals surface area contributed by atoms with Gasteiger partial charge in [0.1, 0.15) is 5.00 Å². The Morgan fingerprint density at radius 3 is 2.88 bits per heavy atom. The van der Waals surface area contributed by atoms with Gasteiger partial charge in [0.2, 0.25) is 0 Å². The Balaban J connectivity index is 0.00000119. The number of aromatic amines is 1. The van der Waals surface area contributed by atoms with Gasteiger partial charge in [-0.15, -0.1) is 0 Å². The van der Waals surface area contributed by atoms with E-state index in [4.69, 9.17) is 4.74 Å². The fraction of sp³-hybridized carbons (Fsp3) is 0.455. The number of hydrogen-bond acceptors (Lipinski definition) is 8. The van der Waals surface area contributed by atoms with Gasteiger partial charge in [0.05, 0.1) is 42.7 Å². The second kappa shape index (κ2) is 9.35. The lowest BCUT2D eigenvalue weighted by Gasteiger charge is -2.41. The second-order valence-electron chi connectivity index (χ2n) is 8.15. The number of fused-ring (bicyclic) bond motifs is 1. The molecule has 5 rings (SSSR count). The van der Waals surface area contributed by atoms with Gasteiger partial charge in [0, 0.05) is 36.6 Å². The van der Waals surface area contributed by atoms with Crippen molar-refractivity contribution in [1.29, 1.82) is 0 Å². The molecule has 0 unspecified atom stereocenters. The summed E-state index contributed by atoms with van der Waals surface area (Å²) < 4.78 is 12.3. The van der Waals surface area contributed by atoms with Gasteiger partial charge in [0.25, 0.3) is 0 Å². The third kappa shape index (κ3) is 4.52. The molecule has 10 heteroatoms. The quantitative estimate of drug-likeness (QED) is 0.465. The van der Waals surface area contributed by atoms with Crippen LogP contribution < -0.4 is 5.32 Å². The Labute approximate surface area is 192 Å². The Morgan fingerprint density at radius 1 is 1.28 bits per heavy atom. The molecule has 0 aliphatic carbocycles. The maximum absolute atomic E-state index is 5.62. The Morgan fingerprint density at radius 2 is 2.12 bits per heavy atom. The van der Waals surface area contributed by atoms with Crippen LogP contribution in [0.5, 0.6) is 0 Å². The van der Waals surface area contributed by atoms with Crippen molar-refractivity contribution in [3.8, 4) is 11.3 Å². The molecule has 1 aliphatic heterocycles. The summed E-state index contributed by atoms with van der Waals surface area (Å²) in [6, 6.07) is 2.09. The van der Waals surface area contributed by atoms with Crippen molar-refractivity contribution >= 4 is 28.0 Å². The largest absolute Gasteiger partial charge is 0.378 e. The minimum atomic E-state index is 0.0129. The average molecular weight is 455 g/mol. The van der Waals surface area contributed by atoms with Crippen LogP contribution in [-0.4, -0.2) is 59.1 Å². The van der Waals surface area contributed by atoms with Gasteiger partial charge in [-0.05, 0) is 38.4 Å². The zero-order valence-electron chi connectivity index (χ0n) is 19.2. The second-order valence-corrected chi connectivity index (χ2v) is 8.95. The zero-order chi connectivity index (χ0) is 22.7. The molecule has 4 aromatic heterocycles. The molecule has 0 atom stereocenters. The molecule has 0 saturated carbocycles. The van der Waals surface area contributed by atoms with Crippen molar-refractivity contribution in [1.82, 2.24) is 33.8 Å². The Hall–Kier alpha value is -2.82. The number of anilines is 2. The lowest BCUT2D eigenvalue weighted by molar-refractivity contribution is -0.0556. The summed E-state index contributed by atoms with van der Waals surface area (Å²) in [7, 11) is 0. The topological polar surface area (TPSA) is 96.3 Å². The number of nitrogens with zero attached hydrogens (tertiary/aromatic N) is 6. The van der Waals surface area contributed by atoms with Gasteiger partial charge in [0.15, 0.2) is 11.5 Å². The first-order chi connectivity index (χ1) is 15.5. The minimum Gasteiger partial charge on any atom is -0.378 e. The summed E-state index contributed by atoms with van der Waals surface area (Å²) in [6.07, 6.45) is 7.46. The molecule has 0 bridgehead atoms. The highest BCUT2D eigenvalue weighted by Crippen LogP contribution is 2.28. The van der Waals surface area contributed by atoms with Crippen LogP contribution >= 0.6 is 11.5 Å². The van der Waals surface area contributed by atoms with E-state index in [2.05, 4.69) is 54.7 Å². The van der Waals surface area contributed by atoms with Crippen molar-refractivity contribution < 1.29 is 4.74 Å². The molecule has 0 radical (unpaired) electrons. The van der Waals surface area contributed by atoms with Crippen LogP contribution in [0.25, 0.3) is 16.9 Å². The Kier molecular flexibility index (Phi) is 6.54. The lowest BCUT2D eigenvalue weighted by atomic mass is 10.0. The first kappa shape index (κ1) is 22.4. The van der Waals surface area contributed by atoms with E-state index in [0.717, 1.165) is 59.6 Å². The van der Waals surface area contributed by atoms with Crippen LogP contribution in [0.2, 0.25) is 0 Å². The van der Waals surface area contributed by atoms with Gasteiger partial charge < -0.3 is 10.1 Å². The molecule has 32 heavy (non-hydrogen) atoms. The Bertz CT molecular complexity index is 1160. The summed E-state index contributed by atoms with van der Waals surface area (Å²) in [5.74, 6) is 0.714. The molecule has 0 aromatic carbocycles. The van der Waals surface area contributed by atoms with E-state index in [1.807, 2.05) is 43.8 Å². The predicted molar refractivity (Wildman–Crippen MR) is 127 cm³/mol. The monoisotopic (exact) mass is 454 g/mol. The summed E-state index contributed by atoms with van der Waals surface area (Å²) in [5, 5.41) is 11.3. The van der Waals surface area contributed by atoms with Crippen LogP contribution in [0.3, 0.4) is 0 Å².